The van der Waals surface area contributed by atoms with E-state index in [0.29, 0.717) is 11.5 Å². The second kappa shape index (κ2) is 5.77. The van der Waals surface area contributed by atoms with E-state index in [4.69, 9.17) is 12.4 Å². The van der Waals surface area contributed by atoms with Gasteiger partial charge in [-0.2, -0.15) is 0 Å². The Morgan fingerprint density at radius 1 is 1.62 bits per heavy atom. The number of nitrogens with zero attached hydrogens (tertiary/aromatic N) is 1. The van der Waals surface area contributed by atoms with E-state index in [1.165, 1.54) is 0 Å². The number of hydrogen-bond acceptors (Lipinski definition) is 3. The Bertz CT molecular complexity index is 1040. The highest BCUT2D eigenvalue weighted by molar-refractivity contribution is 5.84. The smallest absolute Gasteiger partial charge is 0.407 e. The van der Waals surface area contributed by atoms with Crippen molar-refractivity contribution in [2.75, 3.05) is 27.2 Å². The van der Waals surface area contributed by atoms with E-state index in [2.05, 4.69) is 4.74 Å². The lowest BCUT2D eigenvalue weighted by atomic mass is 10.0. The number of ether oxygens (including phenoxy) is 1. The zero-order valence-corrected chi connectivity index (χ0v) is 11.8. The van der Waals surface area contributed by atoms with Crippen molar-refractivity contribution in [3.8, 4) is 0 Å². The molecule has 1 aliphatic heterocycles. The van der Waals surface area contributed by atoms with Gasteiger partial charge in [0, 0.05) is 26.4 Å². The predicted molar refractivity (Wildman–Crippen MR) is 82.5 cm³/mol. The van der Waals surface area contributed by atoms with Gasteiger partial charge >= 0.3 is 6.09 Å². The van der Waals surface area contributed by atoms with Crippen molar-refractivity contribution >= 4 is 17.0 Å². The van der Waals surface area contributed by atoms with Gasteiger partial charge in [-0.1, -0.05) is 6.04 Å². The van der Waals surface area contributed by atoms with Crippen molar-refractivity contribution in [2.45, 2.75) is 18.8 Å². The molecule has 1 saturated heterocycles. The number of hydrogen-bond donors (Lipinski definition) is 2. The fraction of sp³-hybridized carbons (Fsp3) is 0.438. The van der Waals surface area contributed by atoms with Crippen LogP contribution in [-0.2, 0) is 17.5 Å². The molecule has 2 N–H and O–H groups in total. The van der Waals surface area contributed by atoms with Crippen molar-refractivity contribution in [2.24, 2.45) is 0 Å². The topological polar surface area (TPSA) is 57.4 Å². The molecular formula is C16H21N3O2. The van der Waals surface area contributed by atoms with Crippen LogP contribution in [0.15, 0.2) is 24.3 Å². The number of aromatic nitrogens is 1. The molecule has 0 radical (unpaired) electrons. The molecule has 1 aliphatic rings. The summed E-state index contributed by atoms with van der Waals surface area (Å²) in [6.07, 6.45) is -4.16. The molecule has 1 aromatic heterocycles. The highest BCUT2D eigenvalue weighted by Crippen LogP contribution is 2.21. The van der Waals surface area contributed by atoms with Crippen LogP contribution < -0.4 is 5.31 Å². The first kappa shape index (κ1) is 6.83. The minimum Gasteiger partial charge on any atom is -0.447 e. The zero-order valence-electron chi connectivity index (χ0n) is 20.8. The Balaban J connectivity index is 2.34. The van der Waals surface area contributed by atoms with Crippen molar-refractivity contribution in [1.29, 1.82) is 0 Å². The number of rotatable bonds is 5. The Morgan fingerprint density at radius 2 is 2.48 bits per heavy atom. The van der Waals surface area contributed by atoms with Crippen LogP contribution in [-0.4, -0.2) is 49.2 Å². The van der Waals surface area contributed by atoms with E-state index in [1.807, 2.05) is 4.90 Å². The molecule has 5 nitrogen and oxygen atoms in total. The maximum atomic E-state index is 11.6. The third-order valence-corrected chi connectivity index (χ3v) is 3.03. The number of benzene rings is 1. The Hall–Kier alpha value is -2.01. The first-order valence-electron chi connectivity index (χ1n) is 10.9. The minimum absolute atomic E-state index is 0.0119. The molecule has 3 rings (SSSR count). The van der Waals surface area contributed by atoms with E-state index in [1.54, 1.807) is 14.1 Å². The highest BCUT2D eigenvalue weighted by atomic mass is 16.6. The molecule has 112 valence electrons. The predicted octanol–water partition coefficient (Wildman–Crippen LogP) is 1.92. The summed E-state index contributed by atoms with van der Waals surface area (Å²) in [4.78, 5) is 14.1. The monoisotopic (exact) mass is 296 g/mol. The number of fused-ring (bicyclic) bond motifs is 1. The van der Waals surface area contributed by atoms with Crippen LogP contribution in [0.25, 0.3) is 10.9 Å². The summed E-state index contributed by atoms with van der Waals surface area (Å²) in [5.74, 6) is 0. The number of carbonyl (C=O) groups is 1. The summed E-state index contributed by atoms with van der Waals surface area (Å²) in [6, 6.07) is -4.41. The largest absolute Gasteiger partial charge is 0.447 e. The Morgan fingerprint density at radius 3 is 3.19 bits per heavy atom. The van der Waals surface area contributed by atoms with E-state index >= 15 is 0 Å². The maximum absolute atomic E-state index is 11.6. The standard InChI is InChI=1S/C16H21N3O2/c1-19(2)6-5-12-9-17-15-4-3-11(8-14(12)15)7-13-10-21-16(20)18-13/h3-4,8-9,13,17H,5-7,10H2,1-2H3,(H,18,20)/t13-/m0/s1/i3D,4D,7D2,8D,9D,13D/hD2. The van der Waals surface area contributed by atoms with Gasteiger partial charge in [0.1, 0.15) is 6.61 Å². The van der Waals surface area contributed by atoms with Gasteiger partial charge in [-0.15, -0.1) is 0 Å². The quantitative estimate of drug-likeness (QED) is 0.886. The zero-order chi connectivity index (χ0) is 22.8. The van der Waals surface area contributed by atoms with Crippen LogP contribution in [0.5, 0.6) is 0 Å². The summed E-state index contributed by atoms with van der Waals surface area (Å²) >= 11 is 0. The number of cyclic esters (lactones) is 1. The lowest BCUT2D eigenvalue weighted by molar-refractivity contribution is 0.177. The van der Waals surface area contributed by atoms with E-state index in [-0.39, 0.29) is 34.4 Å². The van der Waals surface area contributed by atoms with Gasteiger partial charge < -0.3 is 19.9 Å². The average molecular weight is 296 g/mol. The van der Waals surface area contributed by atoms with Gasteiger partial charge in [0.2, 0.25) is 0 Å². The number of likely N-dealkylation sites (N-methyl/N-ethyl adjacent to an activating group) is 1. The Labute approximate surface area is 137 Å². The average Bonchev–Trinajstić information content (AvgIpc) is 3.07. The molecule has 1 fully saturated rings. The molecule has 0 saturated carbocycles. The lowest BCUT2D eigenvalue weighted by Crippen LogP contribution is -2.28. The molecule has 1 atom stereocenters. The number of H-pyrrole nitrogens is 1. The first-order chi connectivity index (χ1) is 13.8. The second-order valence-electron chi connectivity index (χ2n) is 4.97. The highest BCUT2D eigenvalue weighted by Gasteiger charge is 2.22. The lowest BCUT2D eigenvalue weighted by Gasteiger charge is -2.09. The normalized spacial score (nSPS) is 29.0. The van der Waals surface area contributed by atoms with Gasteiger partial charge in [0.25, 0.3) is 0 Å². The number of aromatic amines is 1. The van der Waals surface area contributed by atoms with Crippen molar-refractivity contribution < 1.29 is 22.0 Å². The van der Waals surface area contributed by atoms with Gasteiger partial charge in [0.15, 0.2) is 2.82 Å². The van der Waals surface area contributed by atoms with Crippen LogP contribution in [0.3, 0.4) is 0 Å². The van der Waals surface area contributed by atoms with Crippen LogP contribution in [0.2, 0.25) is 2.82 Å². The molecule has 5 heteroatoms. The van der Waals surface area contributed by atoms with Crippen molar-refractivity contribution in [1.82, 2.24) is 15.2 Å². The van der Waals surface area contributed by atoms with Gasteiger partial charge in [0.05, 0.1) is 12.9 Å². The molecular weight excluding hydrogens is 266 g/mol. The third-order valence-electron chi connectivity index (χ3n) is 3.03. The number of alkyl carbamates (subject to hydrolysis) is 1. The van der Waals surface area contributed by atoms with Crippen LogP contribution >= 0.6 is 0 Å². The van der Waals surface area contributed by atoms with Crippen molar-refractivity contribution in [3.05, 3.63) is 35.4 Å². The minimum atomic E-state index is -2.91. The second-order valence-corrected chi connectivity index (χ2v) is 4.97. The maximum Gasteiger partial charge on any atom is 0.407 e. The number of amides is 1. The van der Waals surface area contributed by atoms with E-state index in [0.717, 1.165) is 0 Å². The van der Waals surface area contributed by atoms with Gasteiger partial charge in [-0.25, -0.2) is 4.79 Å². The van der Waals surface area contributed by atoms with Crippen molar-refractivity contribution in [3.63, 3.8) is 0 Å². The first-order valence-corrected chi connectivity index (χ1v) is 6.51. The summed E-state index contributed by atoms with van der Waals surface area (Å²) in [5, 5.41) is 0.0141. The molecule has 1 aromatic carbocycles. The van der Waals surface area contributed by atoms with Crippen LogP contribution in [0, 0.1) is 0 Å². The molecule has 0 aliphatic carbocycles. The molecule has 21 heavy (non-hydrogen) atoms. The molecule has 2 heterocycles. The number of nitrogens with one attached hydrogen (secondary N) is 2. The van der Waals surface area contributed by atoms with Gasteiger partial charge in [-0.3, -0.25) is 0 Å². The molecule has 2 aromatic rings. The molecule has 1 amide bonds. The summed E-state index contributed by atoms with van der Waals surface area (Å²) in [6.45, 7) is -0.322. The number of carbonyl (C=O) groups excluding carboxylic acids is 1. The molecule has 0 spiro atoms. The summed E-state index contributed by atoms with van der Waals surface area (Å²) < 4.78 is 79.3. The summed E-state index contributed by atoms with van der Waals surface area (Å²) in [5.41, 5.74) is -0.559. The molecule has 0 bridgehead atoms. The summed E-state index contributed by atoms with van der Waals surface area (Å²) in [7, 11) is 3.60. The van der Waals surface area contributed by atoms with Gasteiger partial charge in [-0.05, 0) is 50.1 Å². The molecule has 0 unspecified atom stereocenters. The van der Waals surface area contributed by atoms with E-state index in [9.17, 15) is 4.79 Å². The SMILES string of the molecule is [2H]c1c(C([2H])([2H])[C@@]2([2H])COC(=O)N2[2H])c([2H])c2c(CCN(C)C)c([2H])n([2H])c2c1[2H]. The van der Waals surface area contributed by atoms with Crippen LogP contribution in [0.1, 0.15) is 20.7 Å². The van der Waals surface area contributed by atoms with E-state index < -0.39 is 48.8 Å². The Kier molecular flexibility index (Phi) is 1.88. The fourth-order valence-electron chi connectivity index (χ4n) is 1.97. The third kappa shape index (κ3) is 3.19. The van der Waals surface area contributed by atoms with Crippen LogP contribution in [0.4, 0.5) is 4.79 Å². The fourth-order valence-corrected chi connectivity index (χ4v) is 1.97.